The zero-order valence-corrected chi connectivity index (χ0v) is 60.2. The molecule has 0 aliphatic rings. The van der Waals surface area contributed by atoms with E-state index in [1.165, 1.54) is 353 Å². The summed E-state index contributed by atoms with van der Waals surface area (Å²) < 4.78 is 5.50. The molecule has 0 radical (unpaired) electrons. The fraction of sp³-hybridized carbons (Fsp3) is 0.880. The summed E-state index contributed by atoms with van der Waals surface area (Å²) in [7, 11) is 0. The molecule has 0 aromatic carbocycles. The molecule has 524 valence electrons. The van der Waals surface area contributed by atoms with Gasteiger partial charge in [-0.3, -0.25) is 9.59 Å². The number of hydrogen-bond donors (Lipinski definition) is 3. The maximum Gasteiger partial charge on any atom is 0.305 e. The fourth-order valence-corrected chi connectivity index (χ4v) is 12.7. The molecule has 0 heterocycles. The summed E-state index contributed by atoms with van der Waals surface area (Å²) in [6.45, 7) is 4.97. The molecule has 0 aromatic rings. The van der Waals surface area contributed by atoms with Crippen molar-refractivity contribution in [3.63, 3.8) is 0 Å². The van der Waals surface area contributed by atoms with Crippen LogP contribution >= 0.6 is 0 Å². The van der Waals surface area contributed by atoms with E-state index in [2.05, 4.69) is 67.8 Å². The molecule has 0 aliphatic carbocycles. The van der Waals surface area contributed by atoms with Crippen molar-refractivity contribution >= 4 is 11.9 Å². The Kier molecular flexibility index (Phi) is 76.3. The molecule has 0 saturated heterocycles. The lowest BCUT2D eigenvalue weighted by molar-refractivity contribution is -0.143. The summed E-state index contributed by atoms with van der Waals surface area (Å²) in [5.74, 6) is -0.0256. The molecule has 0 aliphatic heterocycles. The lowest BCUT2D eigenvalue weighted by atomic mass is 10.0. The minimum Gasteiger partial charge on any atom is -0.466 e. The second kappa shape index (κ2) is 78.3. The van der Waals surface area contributed by atoms with Crippen molar-refractivity contribution in [1.82, 2.24) is 5.32 Å². The van der Waals surface area contributed by atoms with E-state index in [0.29, 0.717) is 25.9 Å². The molecular weight excluding hydrogens is 1090 g/mol. The van der Waals surface area contributed by atoms with Crippen LogP contribution in [0, 0.1) is 0 Å². The van der Waals surface area contributed by atoms with Gasteiger partial charge < -0.3 is 20.3 Å². The van der Waals surface area contributed by atoms with Gasteiger partial charge in [0, 0.05) is 12.8 Å². The first kappa shape index (κ1) is 86.8. The number of carbonyl (C=O) groups is 2. The molecule has 3 N–H and O–H groups in total. The third-order valence-corrected chi connectivity index (χ3v) is 18.9. The van der Waals surface area contributed by atoms with Crippen LogP contribution in [-0.4, -0.2) is 47.4 Å². The number of nitrogens with one attached hydrogen (secondary N) is 1. The number of aliphatic hydroxyl groups is 2. The van der Waals surface area contributed by atoms with Crippen molar-refractivity contribution in [3.8, 4) is 0 Å². The molecule has 0 aromatic heterocycles. The molecule has 0 spiro atoms. The van der Waals surface area contributed by atoms with Crippen LogP contribution in [0.3, 0.4) is 0 Å². The largest absolute Gasteiger partial charge is 0.466 e. The van der Waals surface area contributed by atoms with Gasteiger partial charge in [0.1, 0.15) is 0 Å². The van der Waals surface area contributed by atoms with Crippen LogP contribution in [0.25, 0.3) is 0 Å². The number of esters is 1. The first-order chi connectivity index (χ1) is 44.0. The Balaban J connectivity index is 3.40. The van der Waals surface area contributed by atoms with Gasteiger partial charge in [-0.15, -0.1) is 0 Å². The summed E-state index contributed by atoms with van der Waals surface area (Å²) >= 11 is 0. The van der Waals surface area contributed by atoms with Crippen LogP contribution in [0.4, 0.5) is 0 Å². The van der Waals surface area contributed by atoms with Crippen molar-refractivity contribution in [3.05, 3.63) is 48.6 Å². The van der Waals surface area contributed by atoms with Gasteiger partial charge in [-0.2, -0.15) is 0 Å². The predicted octanol–water partition coefficient (Wildman–Crippen LogP) is 26.8. The molecule has 89 heavy (non-hydrogen) atoms. The second-order valence-corrected chi connectivity index (χ2v) is 27.7. The maximum atomic E-state index is 12.6. The lowest BCUT2D eigenvalue weighted by Crippen LogP contribution is -2.45. The average Bonchev–Trinajstić information content (AvgIpc) is 3.63. The quantitative estimate of drug-likeness (QED) is 0.0320. The highest BCUT2D eigenvalue weighted by atomic mass is 16.5. The van der Waals surface area contributed by atoms with Crippen LogP contribution in [0.15, 0.2) is 48.6 Å². The maximum absolute atomic E-state index is 12.6. The van der Waals surface area contributed by atoms with Crippen molar-refractivity contribution in [2.24, 2.45) is 0 Å². The molecule has 0 rings (SSSR count). The fourth-order valence-electron chi connectivity index (χ4n) is 12.7. The van der Waals surface area contributed by atoms with E-state index in [1.807, 2.05) is 0 Å². The Bertz CT molecular complexity index is 1490. The number of aliphatic hydroxyl groups excluding tert-OH is 2. The molecule has 1 amide bonds. The normalized spacial score (nSPS) is 12.7. The molecule has 0 fully saturated rings. The third kappa shape index (κ3) is 74.7. The second-order valence-electron chi connectivity index (χ2n) is 27.7. The number of allylic oxidation sites excluding steroid dienone is 8. The number of unbranched alkanes of at least 4 members (excludes halogenated alkanes) is 57. The van der Waals surface area contributed by atoms with E-state index in [1.54, 1.807) is 0 Å². The number of hydrogen-bond acceptors (Lipinski definition) is 5. The van der Waals surface area contributed by atoms with Crippen molar-refractivity contribution in [2.75, 3.05) is 13.2 Å². The average molecular weight is 1250 g/mol. The van der Waals surface area contributed by atoms with E-state index in [9.17, 15) is 19.8 Å². The predicted molar refractivity (Wildman–Crippen MR) is 393 cm³/mol. The standard InChI is InChI=1S/C83H157NO5/c1-3-5-7-9-11-13-15-17-19-21-23-24-25-31-34-37-40-43-47-51-55-59-63-67-71-75-81(86)80(79-85)84-82(87)76-72-68-64-60-56-52-48-44-41-38-35-32-29-27-26-28-30-33-36-39-42-46-50-54-58-62-66-70-74-78-89-83(88)77-73-69-65-61-57-53-49-45-22-20-18-16-14-12-10-8-6-4-2/h14,16,20,22,26,28,33,36,80-81,85-86H,3-13,15,17-19,21,23-25,27,29-32,34-35,37-79H2,1-2H3,(H,84,87)/b16-14-,22-20-,28-26-,36-33-. The number of amides is 1. The van der Waals surface area contributed by atoms with Gasteiger partial charge in [-0.25, -0.2) is 0 Å². The summed E-state index contributed by atoms with van der Waals surface area (Å²) in [6, 6.07) is -0.545. The van der Waals surface area contributed by atoms with E-state index < -0.39 is 12.1 Å². The Labute approximate surface area is 556 Å². The number of rotatable bonds is 76. The monoisotopic (exact) mass is 1250 g/mol. The van der Waals surface area contributed by atoms with Gasteiger partial charge in [0.2, 0.25) is 5.91 Å². The van der Waals surface area contributed by atoms with Gasteiger partial charge in [0.05, 0.1) is 25.4 Å². The van der Waals surface area contributed by atoms with Crippen LogP contribution in [0.2, 0.25) is 0 Å². The molecule has 2 unspecified atom stereocenters. The van der Waals surface area contributed by atoms with Gasteiger partial charge >= 0.3 is 5.97 Å². The zero-order valence-electron chi connectivity index (χ0n) is 60.2. The zero-order chi connectivity index (χ0) is 64.2. The van der Waals surface area contributed by atoms with E-state index in [4.69, 9.17) is 4.74 Å². The Morgan fingerprint density at radius 1 is 0.315 bits per heavy atom. The number of carbonyl (C=O) groups excluding carboxylic acids is 2. The minimum absolute atomic E-state index is 0.00535. The van der Waals surface area contributed by atoms with Crippen molar-refractivity contribution in [2.45, 2.75) is 456 Å². The van der Waals surface area contributed by atoms with Crippen LogP contribution in [-0.2, 0) is 14.3 Å². The van der Waals surface area contributed by atoms with Gasteiger partial charge in [0.25, 0.3) is 0 Å². The van der Waals surface area contributed by atoms with Crippen LogP contribution in [0.1, 0.15) is 444 Å². The lowest BCUT2D eigenvalue weighted by Gasteiger charge is -2.22. The topological polar surface area (TPSA) is 95.9 Å². The molecule has 0 bridgehead atoms. The summed E-state index contributed by atoms with van der Waals surface area (Å²) in [4.78, 5) is 24.7. The van der Waals surface area contributed by atoms with Crippen molar-refractivity contribution in [1.29, 1.82) is 0 Å². The third-order valence-electron chi connectivity index (χ3n) is 18.9. The highest BCUT2D eigenvalue weighted by Crippen LogP contribution is 2.20. The van der Waals surface area contributed by atoms with E-state index >= 15 is 0 Å². The minimum atomic E-state index is -0.668. The Morgan fingerprint density at radius 2 is 0.562 bits per heavy atom. The van der Waals surface area contributed by atoms with Crippen LogP contribution in [0.5, 0.6) is 0 Å². The molecular formula is C83H157NO5. The summed E-state index contributed by atoms with van der Waals surface area (Å²) in [6.07, 6.45) is 103. The van der Waals surface area contributed by atoms with Crippen molar-refractivity contribution < 1.29 is 24.5 Å². The van der Waals surface area contributed by atoms with E-state index in [-0.39, 0.29) is 18.5 Å². The SMILES string of the molecule is CCCCCC/C=C\C/C=C\CCCCCCCCCC(=O)OCCCCCCCCCCC/C=C\C/C=C\CCCCCCCCCCCCCCCC(=O)NC(CO)C(O)CCCCCCCCCCCCCCCCCCCCCCCCCCC. The van der Waals surface area contributed by atoms with Gasteiger partial charge in [-0.05, 0) is 89.9 Å². The molecule has 6 nitrogen and oxygen atoms in total. The Morgan fingerprint density at radius 3 is 0.865 bits per heavy atom. The highest BCUT2D eigenvalue weighted by Gasteiger charge is 2.20. The first-order valence-electron chi connectivity index (χ1n) is 40.4. The molecule has 6 heteroatoms. The van der Waals surface area contributed by atoms with E-state index in [0.717, 1.165) is 57.8 Å². The van der Waals surface area contributed by atoms with Gasteiger partial charge in [-0.1, -0.05) is 390 Å². The number of ether oxygens (including phenoxy) is 1. The first-order valence-corrected chi connectivity index (χ1v) is 40.4. The van der Waals surface area contributed by atoms with Crippen LogP contribution < -0.4 is 5.32 Å². The summed E-state index contributed by atoms with van der Waals surface area (Å²) in [5.41, 5.74) is 0. The highest BCUT2D eigenvalue weighted by molar-refractivity contribution is 5.76. The Hall–Kier alpha value is -2.18. The van der Waals surface area contributed by atoms with Gasteiger partial charge in [0.15, 0.2) is 0 Å². The molecule has 0 saturated carbocycles. The summed E-state index contributed by atoms with van der Waals surface area (Å²) in [5, 5.41) is 23.5. The smallest absolute Gasteiger partial charge is 0.305 e. The molecule has 2 atom stereocenters.